The van der Waals surface area contributed by atoms with Gasteiger partial charge in [-0.3, -0.25) is 14.9 Å². The topological polar surface area (TPSA) is 123 Å². The number of nitro groups is 1. The van der Waals surface area contributed by atoms with Crippen LogP contribution in [0.15, 0.2) is 95.4 Å². The van der Waals surface area contributed by atoms with Crippen LogP contribution in [0.1, 0.15) is 40.1 Å². The maximum atomic E-state index is 13.5. The Morgan fingerprint density at radius 2 is 1.62 bits per heavy atom. The van der Waals surface area contributed by atoms with Crippen LogP contribution in [0, 0.1) is 15.9 Å². The first-order valence-electron chi connectivity index (χ1n) is 12.3. The first-order valence-corrected chi connectivity index (χ1v) is 12.3. The third-order valence-electron chi connectivity index (χ3n) is 6.69. The van der Waals surface area contributed by atoms with Crippen LogP contribution in [0.3, 0.4) is 0 Å². The van der Waals surface area contributed by atoms with Crippen molar-refractivity contribution in [3.05, 3.63) is 124 Å². The number of carboxylic acids is 1. The number of amides is 1. The molecule has 0 fully saturated rings. The van der Waals surface area contributed by atoms with Gasteiger partial charge >= 0.3 is 5.97 Å². The molecule has 0 spiro atoms. The number of rotatable bonds is 7. The van der Waals surface area contributed by atoms with Crippen molar-refractivity contribution in [1.29, 1.82) is 0 Å². The zero-order valence-electron chi connectivity index (χ0n) is 21.5. The first-order chi connectivity index (χ1) is 19.1. The molecule has 5 aromatic rings. The highest BCUT2D eigenvalue weighted by Gasteiger charge is 2.31. The zero-order valence-corrected chi connectivity index (χ0v) is 21.5. The molecule has 0 saturated heterocycles. The van der Waals surface area contributed by atoms with Crippen LogP contribution in [-0.2, 0) is 5.54 Å². The fourth-order valence-corrected chi connectivity index (χ4v) is 4.72. The third-order valence-corrected chi connectivity index (χ3v) is 6.69. The van der Waals surface area contributed by atoms with Gasteiger partial charge in [-0.15, -0.1) is 0 Å². The largest absolute Gasteiger partial charge is 0.478 e. The van der Waals surface area contributed by atoms with Gasteiger partial charge in [0.05, 0.1) is 16.0 Å². The molecule has 0 atom stereocenters. The Morgan fingerprint density at radius 3 is 2.27 bits per heavy atom. The quantitative estimate of drug-likeness (QED) is 0.167. The molecule has 4 aromatic carbocycles. The molecule has 40 heavy (non-hydrogen) atoms. The second-order valence-corrected chi connectivity index (χ2v) is 9.74. The summed E-state index contributed by atoms with van der Waals surface area (Å²) in [6.07, 6.45) is 0. The minimum absolute atomic E-state index is 0.00863. The van der Waals surface area contributed by atoms with Gasteiger partial charge in [-0.25, -0.2) is 9.18 Å². The smallest absolute Gasteiger partial charge is 0.340 e. The predicted octanol–water partition coefficient (Wildman–Crippen LogP) is 7.18. The molecular weight excluding hydrogens is 515 g/mol. The standard InChI is InChI=1S/C31H23FN2O6/c1-31(2,21-9-4-3-5-10-21)33-29(35)20-8-6-7-19(17-20)23-15-16-24-25(27(23)34(38)39)26(30(36)37)28(40-24)18-11-13-22(32)14-12-18/h3-17H,1-2H3,(H,33,35)(H,36,37). The van der Waals surface area contributed by atoms with E-state index in [2.05, 4.69) is 5.32 Å². The van der Waals surface area contributed by atoms with Crippen molar-refractivity contribution in [3.8, 4) is 22.5 Å². The first kappa shape index (κ1) is 26.3. The lowest BCUT2D eigenvalue weighted by molar-refractivity contribution is -0.382. The number of carbonyl (C=O) groups is 2. The van der Waals surface area contributed by atoms with E-state index in [1.54, 1.807) is 18.2 Å². The number of carbonyl (C=O) groups excluding carboxylic acids is 1. The van der Waals surface area contributed by atoms with Crippen LogP contribution in [0.2, 0.25) is 0 Å². The number of hydrogen-bond donors (Lipinski definition) is 2. The summed E-state index contributed by atoms with van der Waals surface area (Å²) in [7, 11) is 0. The van der Waals surface area contributed by atoms with Crippen LogP contribution in [0.25, 0.3) is 33.4 Å². The van der Waals surface area contributed by atoms with Crippen LogP contribution in [-0.4, -0.2) is 21.9 Å². The summed E-state index contributed by atoms with van der Waals surface area (Å²) >= 11 is 0. The maximum absolute atomic E-state index is 13.5. The maximum Gasteiger partial charge on any atom is 0.340 e. The Kier molecular flexibility index (Phi) is 6.64. The molecule has 0 radical (unpaired) electrons. The van der Waals surface area contributed by atoms with Crippen LogP contribution < -0.4 is 5.32 Å². The Hall–Kier alpha value is -5.31. The fraction of sp³-hybridized carbons (Fsp3) is 0.0968. The van der Waals surface area contributed by atoms with E-state index in [-0.39, 0.29) is 39.3 Å². The third kappa shape index (κ3) is 4.80. The van der Waals surface area contributed by atoms with Gasteiger partial charge in [0.1, 0.15) is 28.1 Å². The second-order valence-electron chi connectivity index (χ2n) is 9.74. The van der Waals surface area contributed by atoms with Crippen molar-refractivity contribution >= 4 is 28.5 Å². The minimum atomic E-state index is -1.44. The molecule has 2 N–H and O–H groups in total. The Labute approximate surface area is 227 Å². The van der Waals surface area contributed by atoms with Gasteiger partial charge in [0.2, 0.25) is 0 Å². The molecule has 0 aliphatic carbocycles. The van der Waals surface area contributed by atoms with Gasteiger partial charge in [-0.2, -0.15) is 0 Å². The average molecular weight is 539 g/mol. The highest BCUT2D eigenvalue weighted by molar-refractivity contribution is 6.13. The van der Waals surface area contributed by atoms with Gasteiger partial charge in [0, 0.05) is 11.1 Å². The Balaban J connectivity index is 1.62. The number of hydrogen-bond acceptors (Lipinski definition) is 5. The number of carboxylic acid groups (broad SMARTS) is 1. The summed E-state index contributed by atoms with van der Waals surface area (Å²) in [5, 5.41) is 25.2. The average Bonchev–Trinajstić information content (AvgIpc) is 3.33. The van der Waals surface area contributed by atoms with E-state index in [1.165, 1.54) is 30.3 Å². The predicted molar refractivity (Wildman–Crippen MR) is 148 cm³/mol. The molecule has 0 bridgehead atoms. The number of nitrogens with zero attached hydrogens (tertiary/aromatic N) is 1. The van der Waals surface area contributed by atoms with Crippen molar-refractivity contribution in [2.24, 2.45) is 0 Å². The number of furan rings is 1. The second kappa shape index (κ2) is 10.1. The molecule has 1 heterocycles. The lowest BCUT2D eigenvalue weighted by atomic mass is 9.93. The van der Waals surface area contributed by atoms with Crippen LogP contribution >= 0.6 is 0 Å². The summed E-state index contributed by atoms with van der Waals surface area (Å²) in [5.41, 5.74) is 0.304. The lowest BCUT2D eigenvalue weighted by Crippen LogP contribution is -2.40. The normalized spacial score (nSPS) is 11.4. The van der Waals surface area contributed by atoms with Crippen LogP contribution in [0.5, 0.6) is 0 Å². The molecule has 0 aliphatic heterocycles. The summed E-state index contributed by atoms with van der Waals surface area (Å²) in [4.78, 5) is 37.3. The van der Waals surface area contributed by atoms with E-state index in [0.717, 1.165) is 17.7 Å². The monoisotopic (exact) mass is 538 g/mol. The van der Waals surface area contributed by atoms with E-state index >= 15 is 0 Å². The van der Waals surface area contributed by atoms with Gasteiger partial charge in [-0.05, 0) is 73.5 Å². The number of halogens is 1. The number of nitrogens with one attached hydrogen (secondary N) is 1. The van der Waals surface area contributed by atoms with Crippen molar-refractivity contribution < 1.29 is 28.4 Å². The molecule has 1 aromatic heterocycles. The van der Waals surface area contributed by atoms with Gasteiger partial charge in [-0.1, -0.05) is 42.5 Å². The Morgan fingerprint density at radius 1 is 0.925 bits per heavy atom. The SMILES string of the molecule is CC(C)(NC(=O)c1cccc(-c2ccc3oc(-c4ccc(F)cc4)c(C(=O)O)c3c2[N+](=O)[O-])c1)c1ccccc1. The Bertz CT molecular complexity index is 1780. The van der Waals surface area contributed by atoms with Gasteiger partial charge in [0.15, 0.2) is 0 Å². The van der Waals surface area contributed by atoms with E-state index in [0.29, 0.717) is 5.56 Å². The minimum Gasteiger partial charge on any atom is -0.478 e. The van der Waals surface area contributed by atoms with Crippen molar-refractivity contribution in [3.63, 3.8) is 0 Å². The molecule has 0 saturated carbocycles. The molecular formula is C31H23FN2O6. The zero-order chi connectivity index (χ0) is 28.6. The summed E-state index contributed by atoms with van der Waals surface area (Å²) in [5.74, 6) is -2.47. The summed E-state index contributed by atoms with van der Waals surface area (Å²) in [6, 6.07) is 23.6. The van der Waals surface area contributed by atoms with Gasteiger partial charge in [0.25, 0.3) is 11.6 Å². The number of fused-ring (bicyclic) bond motifs is 1. The fourth-order valence-electron chi connectivity index (χ4n) is 4.72. The van der Waals surface area contributed by atoms with Crippen molar-refractivity contribution in [2.75, 3.05) is 0 Å². The molecule has 8 nitrogen and oxygen atoms in total. The number of nitro benzene ring substituents is 1. The van der Waals surface area contributed by atoms with Gasteiger partial charge < -0.3 is 14.8 Å². The van der Waals surface area contributed by atoms with E-state index in [9.17, 15) is 29.2 Å². The lowest BCUT2D eigenvalue weighted by Gasteiger charge is -2.27. The number of benzene rings is 4. The molecule has 0 unspecified atom stereocenters. The van der Waals surface area contributed by atoms with E-state index < -0.39 is 33.5 Å². The van der Waals surface area contributed by atoms with Crippen molar-refractivity contribution in [1.82, 2.24) is 5.32 Å². The summed E-state index contributed by atoms with van der Waals surface area (Å²) < 4.78 is 19.2. The van der Waals surface area contributed by atoms with Crippen LogP contribution in [0.4, 0.5) is 10.1 Å². The molecule has 0 aliphatic rings. The molecule has 9 heteroatoms. The number of aromatic carboxylic acids is 1. The molecule has 1 amide bonds. The molecule has 5 rings (SSSR count). The molecule has 200 valence electrons. The van der Waals surface area contributed by atoms with E-state index in [4.69, 9.17) is 4.42 Å². The summed E-state index contributed by atoms with van der Waals surface area (Å²) in [6.45, 7) is 3.74. The van der Waals surface area contributed by atoms with Crippen molar-refractivity contribution in [2.45, 2.75) is 19.4 Å². The highest BCUT2D eigenvalue weighted by atomic mass is 19.1. The highest BCUT2D eigenvalue weighted by Crippen LogP contribution is 2.43. The van der Waals surface area contributed by atoms with E-state index in [1.807, 2.05) is 44.2 Å².